The molecule has 0 radical (unpaired) electrons. The third kappa shape index (κ3) is 0.432. The second-order valence-electron chi connectivity index (χ2n) is 2.61. The topological polar surface area (TPSA) is 26.0 Å². The van der Waals surface area contributed by atoms with E-state index < -0.39 is 0 Å². The molecule has 6 heavy (non-hydrogen) atoms. The zero-order chi connectivity index (χ0) is 4.78. The van der Waals surface area contributed by atoms with Gasteiger partial charge in [-0.25, -0.2) is 0 Å². The quantitative estimate of drug-likeness (QED) is 0.461. The van der Waals surface area contributed by atoms with Crippen LogP contribution < -0.4 is 5.73 Å². The van der Waals surface area contributed by atoms with E-state index in [0.29, 0.717) is 0 Å². The summed E-state index contributed by atoms with van der Waals surface area (Å²) < 4.78 is 0. The van der Waals surface area contributed by atoms with E-state index in [1.54, 1.807) is 0 Å². The molecule has 0 amide bonds. The zero-order valence-corrected chi connectivity index (χ0v) is 4.36. The first-order valence-electron chi connectivity index (χ1n) is 2.42. The van der Waals surface area contributed by atoms with Crippen molar-refractivity contribution in [3.63, 3.8) is 0 Å². The normalized spacial score (nSPS) is 55.5. The first-order valence-corrected chi connectivity index (χ1v) is 2.42. The van der Waals surface area contributed by atoms with E-state index in [0.717, 1.165) is 5.92 Å². The third-order valence-corrected chi connectivity index (χ3v) is 1.71. The Hall–Kier alpha value is -0.0400. The van der Waals surface area contributed by atoms with Crippen molar-refractivity contribution in [2.45, 2.75) is 25.8 Å². The highest BCUT2D eigenvalue weighted by Gasteiger charge is 2.42. The standard InChI is InChI=1S/C5H11N/c1-4-3-5(4,2)6/h4H,3,6H2,1-2H3. The minimum absolute atomic E-state index is 0.208. The van der Waals surface area contributed by atoms with Gasteiger partial charge in [-0.2, -0.15) is 0 Å². The molecule has 0 aromatic rings. The lowest BCUT2D eigenvalue weighted by atomic mass is 10.3. The minimum Gasteiger partial charge on any atom is -0.325 e. The molecule has 1 rings (SSSR count). The molecule has 1 fully saturated rings. The Balaban J connectivity index is 2.41. The van der Waals surface area contributed by atoms with Crippen molar-refractivity contribution in [2.24, 2.45) is 11.7 Å². The second-order valence-corrected chi connectivity index (χ2v) is 2.61. The number of hydrogen-bond acceptors (Lipinski definition) is 1. The van der Waals surface area contributed by atoms with Crippen LogP contribution >= 0.6 is 0 Å². The van der Waals surface area contributed by atoms with Crippen molar-refractivity contribution in [3.05, 3.63) is 0 Å². The van der Waals surface area contributed by atoms with Crippen LogP contribution in [0.3, 0.4) is 0 Å². The molecule has 36 valence electrons. The summed E-state index contributed by atoms with van der Waals surface area (Å²) in [4.78, 5) is 0. The largest absolute Gasteiger partial charge is 0.325 e. The summed E-state index contributed by atoms with van der Waals surface area (Å²) in [5.74, 6) is 0.775. The molecule has 1 aliphatic rings. The first-order chi connectivity index (χ1) is 2.63. The van der Waals surface area contributed by atoms with Gasteiger partial charge in [0.05, 0.1) is 0 Å². The van der Waals surface area contributed by atoms with Gasteiger partial charge in [0.2, 0.25) is 0 Å². The van der Waals surface area contributed by atoms with Crippen LogP contribution in [0, 0.1) is 5.92 Å². The van der Waals surface area contributed by atoms with Gasteiger partial charge < -0.3 is 5.73 Å². The maximum atomic E-state index is 5.61. The van der Waals surface area contributed by atoms with Crippen LogP contribution in [-0.2, 0) is 0 Å². The molecule has 2 N–H and O–H groups in total. The molecule has 1 saturated carbocycles. The van der Waals surface area contributed by atoms with Gasteiger partial charge in [-0.1, -0.05) is 6.92 Å². The zero-order valence-electron chi connectivity index (χ0n) is 4.36. The SMILES string of the molecule is CC1CC1(C)N. The van der Waals surface area contributed by atoms with Gasteiger partial charge in [0.25, 0.3) is 0 Å². The summed E-state index contributed by atoms with van der Waals surface area (Å²) in [5.41, 5.74) is 5.82. The molecule has 1 aliphatic carbocycles. The lowest BCUT2D eigenvalue weighted by molar-refractivity contribution is 0.686. The van der Waals surface area contributed by atoms with Gasteiger partial charge in [0.15, 0.2) is 0 Å². The Kier molecular flexibility index (Phi) is 0.539. The Labute approximate surface area is 38.5 Å². The average molecular weight is 85.2 g/mol. The summed E-state index contributed by atoms with van der Waals surface area (Å²) in [6.45, 7) is 4.28. The third-order valence-electron chi connectivity index (χ3n) is 1.71. The van der Waals surface area contributed by atoms with Gasteiger partial charge in [0.1, 0.15) is 0 Å². The average Bonchev–Trinajstić information content (AvgIpc) is 1.73. The van der Waals surface area contributed by atoms with E-state index in [1.165, 1.54) is 6.42 Å². The molecule has 2 unspecified atom stereocenters. The van der Waals surface area contributed by atoms with E-state index >= 15 is 0 Å². The lowest BCUT2D eigenvalue weighted by Gasteiger charge is -1.93. The fourth-order valence-electron chi connectivity index (χ4n) is 0.601. The Morgan fingerprint density at radius 1 is 1.83 bits per heavy atom. The van der Waals surface area contributed by atoms with E-state index in [2.05, 4.69) is 13.8 Å². The van der Waals surface area contributed by atoms with Crippen LogP contribution in [0.2, 0.25) is 0 Å². The second kappa shape index (κ2) is 0.784. The number of hydrogen-bond donors (Lipinski definition) is 1. The van der Waals surface area contributed by atoms with Crippen molar-refractivity contribution in [3.8, 4) is 0 Å². The monoisotopic (exact) mass is 85.1 g/mol. The predicted molar refractivity (Wildman–Crippen MR) is 26.4 cm³/mol. The van der Waals surface area contributed by atoms with Gasteiger partial charge >= 0.3 is 0 Å². The highest BCUT2D eigenvalue weighted by atomic mass is 14.8. The van der Waals surface area contributed by atoms with E-state index in [4.69, 9.17) is 5.73 Å². The van der Waals surface area contributed by atoms with E-state index in [9.17, 15) is 0 Å². The summed E-state index contributed by atoms with van der Waals surface area (Å²) in [6, 6.07) is 0. The maximum Gasteiger partial charge on any atom is 0.0155 e. The molecular weight excluding hydrogens is 74.1 g/mol. The number of nitrogens with two attached hydrogens (primary N) is 1. The molecule has 1 nitrogen and oxygen atoms in total. The van der Waals surface area contributed by atoms with Crippen molar-refractivity contribution in [1.82, 2.24) is 0 Å². The Morgan fingerprint density at radius 2 is 2.00 bits per heavy atom. The molecule has 0 spiro atoms. The first kappa shape index (κ1) is 4.13. The summed E-state index contributed by atoms with van der Waals surface area (Å²) in [6.07, 6.45) is 1.22. The van der Waals surface area contributed by atoms with E-state index in [1.807, 2.05) is 0 Å². The molecule has 0 aromatic heterocycles. The molecule has 2 atom stereocenters. The van der Waals surface area contributed by atoms with Crippen molar-refractivity contribution < 1.29 is 0 Å². The smallest absolute Gasteiger partial charge is 0.0155 e. The minimum atomic E-state index is 0.208. The fourth-order valence-corrected chi connectivity index (χ4v) is 0.601. The summed E-state index contributed by atoms with van der Waals surface area (Å²) in [5, 5.41) is 0. The highest BCUT2D eigenvalue weighted by molar-refractivity contribution is 5.00. The molecule has 0 aromatic carbocycles. The van der Waals surface area contributed by atoms with Gasteiger partial charge in [0, 0.05) is 5.54 Å². The van der Waals surface area contributed by atoms with Crippen molar-refractivity contribution in [1.29, 1.82) is 0 Å². The lowest BCUT2D eigenvalue weighted by Crippen LogP contribution is -2.18. The van der Waals surface area contributed by atoms with Crippen LogP contribution in [0.4, 0.5) is 0 Å². The van der Waals surface area contributed by atoms with Gasteiger partial charge in [-0.3, -0.25) is 0 Å². The maximum absolute atomic E-state index is 5.61. The Morgan fingerprint density at radius 3 is 2.00 bits per heavy atom. The van der Waals surface area contributed by atoms with Crippen LogP contribution in [0.5, 0.6) is 0 Å². The Bertz CT molecular complexity index is 66.3. The molecule has 0 aliphatic heterocycles. The van der Waals surface area contributed by atoms with Crippen molar-refractivity contribution >= 4 is 0 Å². The fraction of sp³-hybridized carbons (Fsp3) is 1.00. The molecule has 0 heterocycles. The summed E-state index contributed by atoms with van der Waals surface area (Å²) in [7, 11) is 0. The summed E-state index contributed by atoms with van der Waals surface area (Å²) >= 11 is 0. The predicted octanol–water partition coefficient (Wildman–Crippen LogP) is 0.744. The van der Waals surface area contributed by atoms with Crippen molar-refractivity contribution in [2.75, 3.05) is 0 Å². The molecular formula is C5H11N. The van der Waals surface area contributed by atoms with Gasteiger partial charge in [-0.05, 0) is 19.3 Å². The number of rotatable bonds is 0. The molecule has 0 bridgehead atoms. The van der Waals surface area contributed by atoms with E-state index in [-0.39, 0.29) is 5.54 Å². The van der Waals surface area contributed by atoms with Crippen LogP contribution in [0.15, 0.2) is 0 Å². The van der Waals surface area contributed by atoms with Crippen LogP contribution in [-0.4, -0.2) is 5.54 Å². The van der Waals surface area contributed by atoms with Crippen LogP contribution in [0.1, 0.15) is 20.3 Å². The highest BCUT2D eigenvalue weighted by Crippen LogP contribution is 2.39. The molecule has 0 saturated heterocycles. The van der Waals surface area contributed by atoms with Crippen LogP contribution in [0.25, 0.3) is 0 Å². The molecule has 1 heteroatoms. The van der Waals surface area contributed by atoms with Gasteiger partial charge in [-0.15, -0.1) is 0 Å².